The summed E-state index contributed by atoms with van der Waals surface area (Å²) in [5.41, 5.74) is 0. The standard InChI is InChI=1S/C73H120O6/c1-4-7-10-13-16-19-22-25-28-31-33-35-36-38-39-42-45-48-51-54-57-60-63-66-72(75)78-69-70(68-77-71(74)65-62-59-56-53-50-47-44-41-30-27-24-21-18-15-12-9-6-3)79-73(76)67-64-61-58-55-52-49-46-43-40-37-34-32-29-26-23-20-17-14-11-8-5-2/h7,9-10,12,16,18-19,21,25,27-28,30,33,35,38-39,44-45,47-48,53,56,70H,4-6,8,11,13-15,17,20,22-24,26,29,31-32,34,36-37,40-43,46,49-52,54-55,57-69H2,1-3H3/b10-7-,12-9-,19-16-,21-18-,28-25-,30-27-,35-33-,39-38-,47-44-,48-45-,56-53-. The summed E-state index contributed by atoms with van der Waals surface area (Å²) in [6.45, 7) is 6.37. The molecule has 0 radical (unpaired) electrons. The molecule has 0 saturated carbocycles. The number of carbonyl (C=O) groups is 3. The first-order valence-corrected chi connectivity index (χ1v) is 32.7. The molecule has 1 unspecified atom stereocenters. The number of hydrogen-bond donors (Lipinski definition) is 0. The molecule has 0 rings (SSSR count). The van der Waals surface area contributed by atoms with Crippen molar-refractivity contribution in [1.29, 1.82) is 0 Å². The quantitative estimate of drug-likeness (QED) is 0.0261. The van der Waals surface area contributed by atoms with Crippen molar-refractivity contribution in [2.75, 3.05) is 13.2 Å². The molecule has 0 aliphatic heterocycles. The van der Waals surface area contributed by atoms with Gasteiger partial charge < -0.3 is 14.2 Å². The van der Waals surface area contributed by atoms with Crippen LogP contribution in [0.4, 0.5) is 0 Å². The summed E-state index contributed by atoms with van der Waals surface area (Å²) < 4.78 is 16.9. The summed E-state index contributed by atoms with van der Waals surface area (Å²) in [5.74, 6) is -0.987. The summed E-state index contributed by atoms with van der Waals surface area (Å²) in [6.07, 6.45) is 93.2. The average molecular weight is 1090 g/mol. The minimum absolute atomic E-state index is 0.111. The van der Waals surface area contributed by atoms with Crippen LogP contribution in [0.1, 0.15) is 290 Å². The molecule has 0 fully saturated rings. The second kappa shape index (κ2) is 66.1. The Morgan fingerprint density at radius 3 is 0.823 bits per heavy atom. The number of rotatable bonds is 58. The van der Waals surface area contributed by atoms with E-state index in [0.717, 1.165) is 128 Å². The van der Waals surface area contributed by atoms with E-state index in [0.29, 0.717) is 19.3 Å². The zero-order valence-corrected chi connectivity index (χ0v) is 51.3. The Morgan fingerprint density at radius 1 is 0.266 bits per heavy atom. The molecule has 79 heavy (non-hydrogen) atoms. The highest BCUT2D eigenvalue weighted by Gasteiger charge is 2.19. The minimum Gasteiger partial charge on any atom is -0.462 e. The van der Waals surface area contributed by atoms with Crippen LogP contribution in [0, 0.1) is 0 Å². The molecule has 0 aliphatic rings. The second-order valence-corrected chi connectivity index (χ2v) is 21.3. The predicted octanol–water partition coefficient (Wildman–Crippen LogP) is 22.5. The van der Waals surface area contributed by atoms with E-state index in [1.165, 1.54) is 116 Å². The van der Waals surface area contributed by atoms with Crippen molar-refractivity contribution in [3.8, 4) is 0 Å². The molecule has 0 spiro atoms. The van der Waals surface area contributed by atoms with Gasteiger partial charge in [-0.05, 0) is 109 Å². The molecular weight excluding hydrogens is 973 g/mol. The summed E-state index contributed by atoms with van der Waals surface area (Å²) in [4.78, 5) is 38.4. The Bertz CT molecular complexity index is 1680. The Kier molecular flexibility index (Phi) is 62.3. The number of esters is 3. The first-order chi connectivity index (χ1) is 39.0. The van der Waals surface area contributed by atoms with Gasteiger partial charge in [-0.25, -0.2) is 0 Å². The van der Waals surface area contributed by atoms with E-state index in [9.17, 15) is 14.4 Å². The first-order valence-electron chi connectivity index (χ1n) is 32.7. The number of unbranched alkanes of at least 4 members (excludes halogenated alkanes) is 25. The molecule has 0 aromatic rings. The zero-order valence-electron chi connectivity index (χ0n) is 51.3. The number of carbonyl (C=O) groups excluding carboxylic acids is 3. The maximum absolute atomic E-state index is 12.9. The molecule has 0 amide bonds. The van der Waals surface area contributed by atoms with Crippen LogP contribution in [-0.2, 0) is 28.6 Å². The van der Waals surface area contributed by atoms with E-state index in [4.69, 9.17) is 14.2 Å². The maximum atomic E-state index is 12.9. The highest BCUT2D eigenvalue weighted by Crippen LogP contribution is 2.16. The minimum atomic E-state index is -0.817. The van der Waals surface area contributed by atoms with Crippen molar-refractivity contribution in [3.05, 3.63) is 134 Å². The normalized spacial score (nSPS) is 13.0. The van der Waals surface area contributed by atoms with Gasteiger partial charge in [0.05, 0.1) is 0 Å². The molecule has 0 N–H and O–H groups in total. The molecule has 0 saturated heterocycles. The van der Waals surface area contributed by atoms with Crippen molar-refractivity contribution in [2.45, 2.75) is 297 Å². The van der Waals surface area contributed by atoms with Crippen LogP contribution in [0.3, 0.4) is 0 Å². The Balaban J connectivity index is 4.49. The molecule has 0 aromatic carbocycles. The number of ether oxygens (including phenoxy) is 3. The fourth-order valence-electron chi connectivity index (χ4n) is 8.84. The maximum Gasteiger partial charge on any atom is 0.306 e. The van der Waals surface area contributed by atoms with Gasteiger partial charge in [0.25, 0.3) is 0 Å². The smallest absolute Gasteiger partial charge is 0.306 e. The summed E-state index contributed by atoms with van der Waals surface area (Å²) in [7, 11) is 0. The fourth-order valence-corrected chi connectivity index (χ4v) is 8.84. The summed E-state index contributed by atoms with van der Waals surface area (Å²) in [6, 6.07) is 0. The molecule has 0 bridgehead atoms. The summed E-state index contributed by atoms with van der Waals surface area (Å²) >= 11 is 0. The Hall–Kier alpha value is -4.45. The lowest BCUT2D eigenvalue weighted by molar-refractivity contribution is -0.167. The molecule has 0 aliphatic carbocycles. The zero-order chi connectivity index (χ0) is 57.1. The molecule has 0 aromatic heterocycles. The van der Waals surface area contributed by atoms with Crippen molar-refractivity contribution < 1.29 is 28.6 Å². The van der Waals surface area contributed by atoms with Crippen LogP contribution < -0.4 is 0 Å². The van der Waals surface area contributed by atoms with Crippen molar-refractivity contribution >= 4 is 17.9 Å². The van der Waals surface area contributed by atoms with Crippen LogP contribution in [-0.4, -0.2) is 37.2 Å². The monoisotopic (exact) mass is 1090 g/mol. The van der Waals surface area contributed by atoms with Gasteiger partial charge >= 0.3 is 17.9 Å². The topological polar surface area (TPSA) is 78.9 Å². The lowest BCUT2D eigenvalue weighted by Crippen LogP contribution is -2.30. The molecule has 6 nitrogen and oxygen atoms in total. The van der Waals surface area contributed by atoms with E-state index < -0.39 is 6.10 Å². The highest BCUT2D eigenvalue weighted by molar-refractivity contribution is 5.71. The van der Waals surface area contributed by atoms with E-state index in [1.54, 1.807) is 0 Å². The van der Waals surface area contributed by atoms with Crippen LogP contribution >= 0.6 is 0 Å². The lowest BCUT2D eigenvalue weighted by atomic mass is 10.0. The average Bonchev–Trinajstić information content (AvgIpc) is 3.45. The van der Waals surface area contributed by atoms with Gasteiger partial charge in [-0.15, -0.1) is 0 Å². The third-order valence-electron chi connectivity index (χ3n) is 13.7. The third-order valence-corrected chi connectivity index (χ3v) is 13.7. The van der Waals surface area contributed by atoms with Gasteiger partial charge in [-0.3, -0.25) is 14.4 Å². The van der Waals surface area contributed by atoms with E-state index in [-0.39, 0.29) is 37.5 Å². The first kappa shape index (κ1) is 74.5. The van der Waals surface area contributed by atoms with E-state index in [2.05, 4.69) is 154 Å². The molecule has 0 heterocycles. The summed E-state index contributed by atoms with van der Waals surface area (Å²) in [5, 5.41) is 0. The van der Waals surface area contributed by atoms with Crippen LogP contribution in [0.25, 0.3) is 0 Å². The van der Waals surface area contributed by atoms with Crippen molar-refractivity contribution in [2.24, 2.45) is 0 Å². The predicted molar refractivity (Wildman–Crippen MR) is 343 cm³/mol. The van der Waals surface area contributed by atoms with Gasteiger partial charge in [0.15, 0.2) is 6.10 Å². The Labute approximate surface area is 487 Å². The second-order valence-electron chi connectivity index (χ2n) is 21.3. The Morgan fingerprint density at radius 2 is 0.506 bits per heavy atom. The number of allylic oxidation sites excluding steroid dienone is 22. The van der Waals surface area contributed by atoms with Gasteiger partial charge in [-0.2, -0.15) is 0 Å². The SMILES string of the molecule is CC/C=C\C/C=C\C/C=C\C/C=C\C/C=C\C/C=C\CCCCCCC(=O)OCC(COC(=O)CCC/C=C\C/C=C\C/C=C\C/C=C\C/C=C\CC)OC(=O)CCCCCCCCCCCCCCCCCCCCCCC. The van der Waals surface area contributed by atoms with Crippen LogP contribution in [0.5, 0.6) is 0 Å². The third kappa shape index (κ3) is 64.3. The largest absolute Gasteiger partial charge is 0.462 e. The molecule has 448 valence electrons. The van der Waals surface area contributed by atoms with Crippen molar-refractivity contribution in [1.82, 2.24) is 0 Å². The molecular formula is C73H120O6. The van der Waals surface area contributed by atoms with E-state index in [1.807, 2.05) is 0 Å². The van der Waals surface area contributed by atoms with Crippen LogP contribution in [0.2, 0.25) is 0 Å². The van der Waals surface area contributed by atoms with Gasteiger partial charge in [0.2, 0.25) is 0 Å². The fraction of sp³-hybridized carbons (Fsp3) is 0.658. The van der Waals surface area contributed by atoms with Crippen molar-refractivity contribution in [3.63, 3.8) is 0 Å². The van der Waals surface area contributed by atoms with Crippen LogP contribution in [0.15, 0.2) is 134 Å². The van der Waals surface area contributed by atoms with E-state index >= 15 is 0 Å². The molecule has 6 heteroatoms. The highest BCUT2D eigenvalue weighted by atomic mass is 16.6. The van der Waals surface area contributed by atoms with Gasteiger partial charge in [0.1, 0.15) is 13.2 Å². The molecule has 1 atom stereocenters. The van der Waals surface area contributed by atoms with Gasteiger partial charge in [-0.1, -0.05) is 296 Å². The van der Waals surface area contributed by atoms with Gasteiger partial charge in [0, 0.05) is 19.3 Å². The number of hydrogen-bond acceptors (Lipinski definition) is 6. The lowest BCUT2D eigenvalue weighted by Gasteiger charge is -2.18.